The summed E-state index contributed by atoms with van der Waals surface area (Å²) in [6.07, 6.45) is 0.765. The van der Waals surface area contributed by atoms with Crippen molar-refractivity contribution in [3.05, 3.63) is 71.8 Å². The van der Waals surface area contributed by atoms with Gasteiger partial charge in [0.2, 0.25) is 10.0 Å². The molecule has 0 aromatic heterocycles. The van der Waals surface area contributed by atoms with Crippen LogP contribution in [-0.2, 0) is 10.0 Å². The molecule has 0 amide bonds. The van der Waals surface area contributed by atoms with Crippen molar-refractivity contribution in [1.29, 1.82) is 0 Å². The van der Waals surface area contributed by atoms with Crippen LogP contribution in [0.25, 0.3) is 11.1 Å². The van der Waals surface area contributed by atoms with Crippen molar-refractivity contribution in [2.24, 2.45) is 11.1 Å². The summed E-state index contributed by atoms with van der Waals surface area (Å²) in [4.78, 5) is 2.35. The van der Waals surface area contributed by atoms with Crippen LogP contribution in [0.5, 0.6) is 0 Å². The Bertz CT molecular complexity index is 1330. The number of halogens is 1. The smallest absolute Gasteiger partial charge is 0.238 e. The van der Waals surface area contributed by atoms with E-state index in [1.54, 1.807) is 35.6 Å². The molecular weight excluding hydrogens is 506 g/mol. The molecule has 3 aromatic carbocycles. The average Bonchev–Trinajstić information content (AvgIpc) is 2.87. The largest absolute Gasteiger partial charge is 0.338 e. The van der Waals surface area contributed by atoms with Crippen LogP contribution in [0.15, 0.2) is 76.5 Å². The van der Waals surface area contributed by atoms with Crippen LogP contribution in [0.2, 0.25) is 5.02 Å². The molecule has 4 rings (SSSR count). The van der Waals surface area contributed by atoms with Gasteiger partial charge in [-0.1, -0.05) is 55.8 Å². The number of likely N-dealkylation sites (N-methyl/N-ethyl adjacent to an activating group) is 1. The first-order valence-corrected chi connectivity index (χ1v) is 14.6. The molecule has 35 heavy (non-hydrogen) atoms. The van der Waals surface area contributed by atoms with Gasteiger partial charge in [0.15, 0.2) is 0 Å². The summed E-state index contributed by atoms with van der Waals surface area (Å²) in [5.41, 5.74) is 2.51. The van der Waals surface area contributed by atoms with Crippen LogP contribution < -0.4 is 10.0 Å². The second-order valence-electron chi connectivity index (χ2n) is 9.17. The highest BCUT2D eigenvalue weighted by molar-refractivity contribution is 8.22. The molecule has 1 unspecified atom stereocenters. The highest BCUT2D eigenvalue weighted by Crippen LogP contribution is 2.60. The van der Waals surface area contributed by atoms with Crippen LogP contribution in [0.1, 0.15) is 20.3 Å². The topological polar surface area (TPSA) is 107 Å². The van der Waals surface area contributed by atoms with Crippen molar-refractivity contribution in [1.82, 2.24) is 4.31 Å². The number of benzene rings is 3. The van der Waals surface area contributed by atoms with Crippen molar-refractivity contribution in [2.75, 3.05) is 18.5 Å². The van der Waals surface area contributed by atoms with Gasteiger partial charge >= 0.3 is 0 Å². The summed E-state index contributed by atoms with van der Waals surface area (Å²) in [5, 5.41) is 5.68. The van der Waals surface area contributed by atoms with Crippen LogP contribution in [0.4, 0.5) is 11.4 Å². The molecule has 0 saturated carbocycles. The first-order chi connectivity index (χ1) is 16.4. The van der Waals surface area contributed by atoms with Gasteiger partial charge in [-0.05, 0) is 54.3 Å². The summed E-state index contributed by atoms with van der Waals surface area (Å²) >= 11 is 6.74. The Morgan fingerprint density at radius 3 is 2.40 bits per heavy atom. The van der Waals surface area contributed by atoms with E-state index in [2.05, 4.69) is 18.7 Å². The first-order valence-electron chi connectivity index (χ1n) is 11.2. The van der Waals surface area contributed by atoms with Crippen molar-refractivity contribution < 1.29 is 17.5 Å². The normalized spacial score (nSPS) is 19.3. The molecule has 3 aromatic rings. The second-order valence-corrected chi connectivity index (χ2v) is 13.2. The molecule has 0 fully saturated rings. The molecule has 0 bridgehead atoms. The van der Waals surface area contributed by atoms with E-state index >= 15 is 0 Å². The molecular formula is C25H30ClN3O4S2. The minimum atomic E-state index is -3.92. The average molecular weight is 536 g/mol. The number of hydrogen-bond acceptors (Lipinski definition) is 6. The van der Waals surface area contributed by atoms with Gasteiger partial charge in [0.1, 0.15) is 0 Å². The monoisotopic (exact) mass is 535 g/mol. The maximum absolute atomic E-state index is 11.9. The van der Waals surface area contributed by atoms with Crippen LogP contribution in [-0.4, -0.2) is 41.5 Å². The predicted molar refractivity (Wildman–Crippen MR) is 144 cm³/mol. The van der Waals surface area contributed by atoms with E-state index in [0.29, 0.717) is 39.2 Å². The molecule has 0 radical (unpaired) electrons. The molecule has 7 nitrogen and oxygen atoms in total. The zero-order chi connectivity index (χ0) is 25.5. The van der Waals surface area contributed by atoms with Gasteiger partial charge in [-0.15, -0.1) is 10.8 Å². The fourth-order valence-corrected chi connectivity index (χ4v) is 6.87. The molecule has 1 aliphatic rings. The van der Waals surface area contributed by atoms with Crippen LogP contribution in [0.3, 0.4) is 0 Å². The molecule has 188 valence electrons. The lowest BCUT2D eigenvalue weighted by Crippen LogP contribution is -2.40. The number of hydrogen-bond donors (Lipinski definition) is 3. The standard InChI is InChI=1S/C25H30ClN3O4S2/c1-17(2)12-20-16-29(19-9-5-4-6-10-19)24-15-23(26)22(14-25(24)35(32,33)28(20)3)18-8-7-11-21(13-18)34(27,30)31/h4-11,13-15,17,20,32-33H,12,16H2,1-3H3,(H2,27,30,31). The van der Waals surface area contributed by atoms with Crippen LogP contribution >= 0.6 is 22.4 Å². The van der Waals surface area contributed by atoms with Gasteiger partial charge in [-0.2, -0.15) is 0 Å². The number of fused-ring (bicyclic) bond motifs is 1. The van der Waals surface area contributed by atoms with E-state index in [1.165, 1.54) is 12.1 Å². The maximum Gasteiger partial charge on any atom is 0.238 e. The Labute approximate surface area is 213 Å². The highest BCUT2D eigenvalue weighted by atomic mass is 35.5. The molecule has 10 heteroatoms. The SMILES string of the molecule is CC(C)CC1CN(c2ccccc2)c2cc(Cl)c(-c3cccc(S(N)(=O)=O)c3)cc2S(O)(O)N1C. The summed E-state index contributed by atoms with van der Waals surface area (Å²) in [7, 11) is -5.57. The van der Waals surface area contributed by atoms with Gasteiger partial charge in [0.05, 0.1) is 20.5 Å². The number of para-hydroxylation sites is 1. The number of sulfonamides is 1. The second kappa shape index (κ2) is 9.74. The van der Waals surface area contributed by atoms with Gasteiger partial charge in [0, 0.05) is 30.9 Å². The molecule has 0 saturated heterocycles. The Balaban J connectivity index is 1.95. The van der Waals surface area contributed by atoms with Crippen molar-refractivity contribution in [3.8, 4) is 11.1 Å². The summed E-state index contributed by atoms with van der Waals surface area (Å²) in [5.74, 6) is 0.344. The van der Waals surface area contributed by atoms with Crippen molar-refractivity contribution in [2.45, 2.75) is 36.1 Å². The number of rotatable bonds is 5. The van der Waals surface area contributed by atoms with E-state index in [1.807, 2.05) is 30.3 Å². The maximum atomic E-state index is 11.9. The number of primary sulfonamides is 1. The molecule has 0 aliphatic carbocycles. The van der Waals surface area contributed by atoms with Gasteiger partial charge in [0.25, 0.3) is 0 Å². The molecule has 4 N–H and O–H groups in total. The zero-order valence-corrected chi connectivity index (χ0v) is 22.2. The summed E-state index contributed by atoms with van der Waals surface area (Å²) in [6, 6.07) is 19.1. The van der Waals surface area contributed by atoms with Gasteiger partial charge < -0.3 is 4.90 Å². The molecule has 0 spiro atoms. The third kappa shape index (κ3) is 5.22. The number of nitrogens with zero attached hydrogens (tertiary/aromatic N) is 2. The van der Waals surface area contributed by atoms with E-state index in [0.717, 1.165) is 12.1 Å². The zero-order valence-electron chi connectivity index (χ0n) is 19.8. The minimum Gasteiger partial charge on any atom is -0.338 e. The van der Waals surface area contributed by atoms with Gasteiger partial charge in [-0.3, -0.25) is 9.11 Å². The third-order valence-corrected chi connectivity index (χ3v) is 9.47. The molecule has 1 heterocycles. The quantitative estimate of drug-likeness (QED) is 0.360. The Morgan fingerprint density at radius 2 is 1.77 bits per heavy atom. The van der Waals surface area contributed by atoms with E-state index in [4.69, 9.17) is 16.7 Å². The van der Waals surface area contributed by atoms with Crippen molar-refractivity contribution in [3.63, 3.8) is 0 Å². The van der Waals surface area contributed by atoms with Crippen molar-refractivity contribution >= 4 is 43.8 Å². The molecule has 1 aliphatic heterocycles. The lowest BCUT2D eigenvalue weighted by Gasteiger charge is -2.43. The summed E-state index contributed by atoms with van der Waals surface area (Å²) in [6.45, 7) is 4.76. The van der Waals surface area contributed by atoms with Gasteiger partial charge in [-0.25, -0.2) is 17.9 Å². The van der Waals surface area contributed by atoms with Crippen LogP contribution in [0, 0.1) is 5.92 Å². The molecule has 1 atom stereocenters. The fourth-order valence-electron chi connectivity index (χ4n) is 4.44. The minimum absolute atomic E-state index is 0.0485. The number of anilines is 2. The lowest BCUT2D eigenvalue weighted by atomic mass is 10.0. The highest BCUT2D eigenvalue weighted by Gasteiger charge is 2.38. The fraction of sp³-hybridized carbons (Fsp3) is 0.280. The van der Waals surface area contributed by atoms with E-state index in [-0.39, 0.29) is 10.9 Å². The Hall–Kier alpha value is -2.11. The number of nitrogens with two attached hydrogens (primary N) is 1. The third-order valence-electron chi connectivity index (χ3n) is 6.23. The first kappa shape index (κ1) is 26.0. The Kier molecular flexibility index (Phi) is 7.23. The lowest BCUT2D eigenvalue weighted by molar-refractivity contribution is 0.294. The predicted octanol–water partition coefficient (Wildman–Crippen LogP) is 6.18. The summed E-state index contributed by atoms with van der Waals surface area (Å²) < 4.78 is 48.6. The van der Waals surface area contributed by atoms with E-state index in [9.17, 15) is 17.5 Å². The van der Waals surface area contributed by atoms with E-state index < -0.39 is 20.8 Å². The Morgan fingerprint density at radius 1 is 1.09 bits per heavy atom.